The van der Waals surface area contributed by atoms with Crippen LogP contribution in [0.2, 0.25) is 0 Å². The largest absolute Gasteiger partial charge is 0.134 e. The summed E-state index contributed by atoms with van der Waals surface area (Å²) in [6.45, 7) is 2.29. The minimum Gasteiger partial charge on any atom is -0.134 e. The van der Waals surface area contributed by atoms with Gasteiger partial charge < -0.3 is 0 Å². The van der Waals surface area contributed by atoms with Gasteiger partial charge in [0.25, 0.3) is 0 Å². The van der Waals surface area contributed by atoms with Gasteiger partial charge in [0.1, 0.15) is 0 Å². The molecule has 0 saturated carbocycles. The van der Waals surface area contributed by atoms with E-state index in [1.165, 1.54) is 104 Å². The van der Waals surface area contributed by atoms with Crippen LogP contribution in [0.4, 0.5) is 0 Å². The lowest BCUT2D eigenvalue weighted by Gasteiger charge is -2.03. The summed E-state index contributed by atoms with van der Waals surface area (Å²) < 4.78 is 5.77. The van der Waals surface area contributed by atoms with Crippen molar-refractivity contribution in [3.63, 3.8) is 0 Å². The Hall–Kier alpha value is -2.16. The molecule has 0 radical (unpaired) electrons. The first-order valence-corrected chi connectivity index (χ1v) is 13.9. The normalized spacial score (nSPS) is 11.8. The SMILES string of the molecule is CCCCCCCCCCc1ccc2sc3c4cc(-c5ccccc5)ccc4sc3c2c1. The fourth-order valence-corrected chi connectivity index (χ4v) is 7.33. The molecule has 2 heterocycles. The van der Waals surface area contributed by atoms with Crippen molar-refractivity contribution < 1.29 is 0 Å². The predicted molar refractivity (Wildman–Crippen MR) is 146 cm³/mol. The number of thiophene rings is 2. The molecule has 0 spiro atoms. The lowest BCUT2D eigenvalue weighted by atomic mass is 10.0. The molecule has 32 heavy (non-hydrogen) atoms. The van der Waals surface area contributed by atoms with Crippen LogP contribution in [0.5, 0.6) is 0 Å². The summed E-state index contributed by atoms with van der Waals surface area (Å²) in [6, 6.07) is 24.9. The predicted octanol–water partition coefficient (Wildman–Crippen LogP) is 10.6. The van der Waals surface area contributed by atoms with Crippen molar-refractivity contribution in [1.82, 2.24) is 0 Å². The standard InChI is InChI=1S/C30H32S2/c1-2-3-4-5-6-7-8-10-13-22-16-18-27-25(20-22)29-30(31-27)26-21-24(17-19-28(26)32-29)23-14-11-9-12-15-23/h9,11-12,14-21H,2-8,10,13H2,1H3. The molecule has 0 aliphatic rings. The molecule has 0 bridgehead atoms. The average Bonchev–Trinajstić information content (AvgIpc) is 3.37. The topological polar surface area (TPSA) is 0 Å². The van der Waals surface area contributed by atoms with Gasteiger partial charge in [-0.25, -0.2) is 0 Å². The first-order valence-electron chi connectivity index (χ1n) is 12.3. The minimum atomic E-state index is 1.21. The van der Waals surface area contributed by atoms with Crippen LogP contribution in [0.15, 0.2) is 66.7 Å². The molecule has 0 fully saturated rings. The highest BCUT2D eigenvalue weighted by Crippen LogP contribution is 2.45. The van der Waals surface area contributed by atoms with Crippen molar-refractivity contribution in [3.05, 3.63) is 72.3 Å². The third kappa shape index (κ3) is 4.63. The number of unbranched alkanes of at least 4 members (excludes halogenated alkanes) is 7. The van der Waals surface area contributed by atoms with Crippen LogP contribution in [0.3, 0.4) is 0 Å². The summed E-state index contributed by atoms with van der Waals surface area (Å²) >= 11 is 3.92. The smallest absolute Gasteiger partial charge is 0.0542 e. The Bertz CT molecular complexity index is 1310. The lowest BCUT2D eigenvalue weighted by molar-refractivity contribution is 0.575. The molecular formula is C30H32S2. The highest BCUT2D eigenvalue weighted by Gasteiger charge is 2.13. The van der Waals surface area contributed by atoms with Crippen LogP contribution in [0.1, 0.15) is 63.9 Å². The molecule has 0 aliphatic carbocycles. The van der Waals surface area contributed by atoms with E-state index in [0.29, 0.717) is 0 Å². The number of hydrogen-bond donors (Lipinski definition) is 0. The quantitative estimate of drug-likeness (QED) is 0.183. The molecule has 0 atom stereocenters. The number of hydrogen-bond acceptors (Lipinski definition) is 2. The molecule has 164 valence electrons. The number of rotatable bonds is 10. The van der Waals surface area contributed by atoms with Gasteiger partial charge in [-0.05, 0) is 53.8 Å². The summed E-state index contributed by atoms with van der Waals surface area (Å²) in [7, 11) is 0. The van der Waals surface area contributed by atoms with Gasteiger partial charge in [-0.15, -0.1) is 22.7 Å². The molecule has 2 aromatic heterocycles. The lowest BCUT2D eigenvalue weighted by Crippen LogP contribution is -1.86. The Balaban J connectivity index is 1.33. The molecule has 0 amide bonds. The molecular weight excluding hydrogens is 424 g/mol. The van der Waals surface area contributed by atoms with Crippen molar-refractivity contribution in [2.45, 2.75) is 64.7 Å². The van der Waals surface area contributed by atoms with E-state index in [-0.39, 0.29) is 0 Å². The Kier molecular flexibility index (Phi) is 6.90. The third-order valence-electron chi connectivity index (χ3n) is 6.57. The zero-order chi connectivity index (χ0) is 21.8. The van der Waals surface area contributed by atoms with Crippen LogP contribution in [-0.2, 0) is 6.42 Å². The summed E-state index contributed by atoms with van der Waals surface area (Å²) in [5.41, 5.74) is 4.11. The number of benzene rings is 3. The van der Waals surface area contributed by atoms with Gasteiger partial charge in [-0.2, -0.15) is 0 Å². The van der Waals surface area contributed by atoms with Crippen molar-refractivity contribution >= 4 is 52.2 Å². The molecule has 0 saturated heterocycles. The van der Waals surface area contributed by atoms with Gasteiger partial charge in [-0.1, -0.05) is 94.3 Å². The highest BCUT2D eigenvalue weighted by atomic mass is 32.1. The zero-order valence-electron chi connectivity index (χ0n) is 19.0. The van der Waals surface area contributed by atoms with Crippen LogP contribution < -0.4 is 0 Å². The second kappa shape index (κ2) is 10.2. The molecule has 0 aliphatic heterocycles. The van der Waals surface area contributed by atoms with Crippen LogP contribution >= 0.6 is 22.7 Å². The molecule has 2 heteroatoms. The fourth-order valence-electron chi connectivity index (χ4n) is 4.74. The average molecular weight is 457 g/mol. The summed E-state index contributed by atoms with van der Waals surface area (Å²) in [5, 5.41) is 2.88. The van der Waals surface area contributed by atoms with E-state index in [1.54, 1.807) is 0 Å². The van der Waals surface area contributed by atoms with E-state index < -0.39 is 0 Å². The summed E-state index contributed by atoms with van der Waals surface area (Å²) in [5.74, 6) is 0. The van der Waals surface area contributed by atoms with E-state index >= 15 is 0 Å². The second-order valence-corrected chi connectivity index (χ2v) is 11.1. The third-order valence-corrected chi connectivity index (χ3v) is 9.11. The van der Waals surface area contributed by atoms with Crippen molar-refractivity contribution in [2.75, 3.05) is 0 Å². The summed E-state index contributed by atoms with van der Waals surface area (Å²) in [6.07, 6.45) is 12.3. The van der Waals surface area contributed by atoms with E-state index in [1.807, 2.05) is 22.7 Å². The minimum absolute atomic E-state index is 1.21. The molecule has 5 aromatic rings. The van der Waals surface area contributed by atoms with E-state index in [2.05, 4.69) is 73.7 Å². The van der Waals surface area contributed by atoms with Crippen LogP contribution in [0.25, 0.3) is 40.7 Å². The Morgan fingerprint density at radius 3 is 1.91 bits per heavy atom. The maximum atomic E-state index is 2.48. The first kappa shape index (κ1) is 21.7. The van der Waals surface area contributed by atoms with Crippen LogP contribution in [0, 0.1) is 0 Å². The van der Waals surface area contributed by atoms with Gasteiger partial charge in [0.2, 0.25) is 0 Å². The van der Waals surface area contributed by atoms with Gasteiger partial charge in [0, 0.05) is 20.2 Å². The van der Waals surface area contributed by atoms with Gasteiger partial charge in [0.15, 0.2) is 0 Å². The van der Waals surface area contributed by atoms with E-state index in [9.17, 15) is 0 Å². The molecule has 3 aromatic carbocycles. The Morgan fingerprint density at radius 2 is 1.19 bits per heavy atom. The maximum Gasteiger partial charge on any atom is 0.0542 e. The molecule has 0 nitrogen and oxygen atoms in total. The fraction of sp³-hybridized carbons (Fsp3) is 0.333. The Morgan fingerprint density at radius 1 is 0.562 bits per heavy atom. The number of aryl methyl sites for hydroxylation is 1. The van der Waals surface area contributed by atoms with Crippen LogP contribution in [-0.4, -0.2) is 0 Å². The van der Waals surface area contributed by atoms with Gasteiger partial charge >= 0.3 is 0 Å². The second-order valence-electron chi connectivity index (χ2n) is 8.99. The first-order chi connectivity index (χ1) is 15.8. The maximum absolute atomic E-state index is 2.48. The van der Waals surface area contributed by atoms with Gasteiger partial charge in [0.05, 0.1) is 9.40 Å². The van der Waals surface area contributed by atoms with Crippen molar-refractivity contribution in [2.24, 2.45) is 0 Å². The van der Waals surface area contributed by atoms with E-state index in [4.69, 9.17) is 0 Å². The van der Waals surface area contributed by atoms with Crippen molar-refractivity contribution in [1.29, 1.82) is 0 Å². The van der Waals surface area contributed by atoms with Crippen molar-refractivity contribution in [3.8, 4) is 11.1 Å². The zero-order valence-corrected chi connectivity index (χ0v) is 20.7. The summed E-state index contributed by atoms with van der Waals surface area (Å²) in [4.78, 5) is 0. The molecule has 0 unspecified atom stereocenters. The van der Waals surface area contributed by atoms with Gasteiger partial charge in [-0.3, -0.25) is 0 Å². The van der Waals surface area contributed by atoms with E-state index in [0.717, 1.165) is 0 Å². The Labute approximate surface area is 199 Å². The molecule has 0 N–H and O–H groups in total. The highest BCUT2D eigenvalue weighted by molar-refractivity contribution is 7.36. The number of fused-ring (bicyclic) bond motifs is 5. The monoisotopic (exact) mass is 456 g/mol. The molecule has 5 rings (SSSR count).